The minimum Gasteiger partial charge on any atom is -0.487 e. The lowest BCUT2D eigenvalue weighted by molar-refractivity contribution is -0.114. The minimum atomic E-state index is -0.413. The van der Waals surface area contributed by atoms with E-state index in [0.29, 0.717) is 17.0 Å². The largest absolute Gasteiger partial charge is 0.487 e. The number of hydrogen-bond acceptors (Lipinski definition) is 4. The summed E-state index contributed by atoms with van der Waals surface area (Å²) in [7, 11) is 0. The molecular weight excluding hydrogens is 318 g/mol. The van der Waals surface area contributed by atoms with Gasteiger partial charge < -0.3 is 14.5 Å². The Labute approximate surface area is 145 Å². The molecular formula is C20H19NO4. The van der Waals surface area contributed by atoms with Crippen LogP contribution < -0.4 is 15.7 Å². The first kappa shape index (κ1) is 16.8. The smallest absolute Gasteiger partial charge is 0.336 e. The monoisotopic (exact) mass is 337 g/mol. The fourth-order valence-electron chi connectivity index (χ4n) is 2.64. The van der Waals surface area contributed by atoms with Crippen LogP contribution in [0.5, 0.6) is 5.75 Å². The molecule has 0 spiro atoms. The molecule has 0 aliphatic rings. The lowest BCUT2D eigenvalue weighted by Crippen LogP contribution is -2.09. The molecule has 0 fully saturated rings. The van der Waals surface area contributed by atoms with Crippen LogP contribution in [0.3, 0.4) is 0 Å². The van der Waals surface area contributed by atoms with E-state index < -0.39 is 5.63 Å². The van der Waals surface area contributed by atoms with E-state index in [0.717, 1.165) is 22.1 Å². The maximum atomic E-state index is 11.8. The van der Waals surface area contributed by atoms with E-state index in [-0.39, 0.29) is 12.5 Å². The molecule has 2 aromatic carbocycles. The highest BCUT2D eigenvalue weighted by Gasteiger charge is 2.10. The van der Waals surface area contributed by atoms with E-state index in [2.05, 4.69) is 5.32 Å². The molecule has 1 heterocycles. The Morgan fingerprint density at radius 1 is 1.12 bits per heavy atom. The number of ether oxygens (including phenoxy) is 1. The zero-order chi connectivity index (χ0) is 18.0. The summed E-state index contributed by atoms with van der Waals surface area (Å²) < 4.78 is 11.2. The van der Waals surface area contributed by atoms with Crippen LogP contribution in [0.2, 0.25) is 0 Å². The molecule has 0 aliphatic carbocycles. The van der Waals surface area contributed by atoms with Crippen molar-refractivity contribution >= 4 is 22.6 Å². The van der Waals surface area contributed by atoms with Crippen molar-refractivity contribution in [1.29, 1.82) is 0 Å². The molecule has 0 bridgehead atoms. The molecule has 1 aromatic heterocycles. The Bertz CT molecular complexity index is 1000. The highest BCUT2D eigenvalue weighted by atomic mass is 16.5. The number of amides is 1. The van der Waals surface area contributed by atoms with Crippen molar-refractivity contribution < 1.29 is 13.9 Å². The Kier molecular flexibility index (Phi) is 4.57. The van der Waals surface area contributed by atoms with Crippen LogP contribution in [0.1, 0.15) is 23.6 Å². The number of hydrogen-bond donors (Lipinski definition) is 1. The molecule has 1 amide bonds. The first-order chi connectivity index (χ1) is 11.9. The number of para-hydroxylation sites is 2. The number of carbonyl (C=O) groups is 1. The number of nitrogens with one attached hydrogen (secondary N) is 1. The number of anilines is 1. The van der Waals surface area contributed by atoms with Crippen molar-refractivity contribution in [2.75, 3.05) is 5.32 Å². The van der Waals surface area contributed by atoms with Gasteiger partial charge in [0.15, 0.2) is 0 Å². The van der Waals surface area contributed by atoms with E-state index in [4.69, 9.17) is 9.15 Å². The topological polar surface area (TPSA) is 68.5 Å². The fourth-order valence-corrected chi connectivity index (χ4v) is 2.64. The third-order valence-corrected chi connectivity index (χ3v) is 4.03. The van der Waals surface area contributed by atoms with E-state index >= 15 is 0 Å². The van der Waals surface area contributed by atoms with Gasteiger partial charge in [0, 0.05) is 23.9 Å². The van der Waals surface area contributed by atoms with E-state index in [1.54, 1.807) is 12.1 Å². The van der Waals surface area contributed by atoms with Gasteiger partial charge >= 0.3 is 5.63 Å². The molecule has 3 aromatic rings. The highest BCUT2D eigenvalue weighted by Crippen LogP contribution is 2.27. The molecule has 0 aliphatic heterocycles. The van der Waals surface area contributed by atoms with Gasteiger partial charge in [-0.3, -0.25) is 4.79 Å². The van der Waals surface area contributed by atoms with E-state index in [1.165, 1.54) is 13.0 Å². The Morgan fingerprint density at radius 3 is 2.60 bits per heavy atom. The zero-order valence-corrected chi connectivity index (χ0v) is 14.4. The summed E-state index contributed by atoms with van der Waals surface area (Å²) in [6.45, 7) is 5.62. The molecule has 0 atom stereocenters. The molecule has 5 nitrogen and oxygen atoms in total. The van der Waals surface area contributed by atoms with Crippen LogP contribution in [-0.2, 0) is 11.4 Å². The first-order valence-electron chi connectivity index (χ1n) is 7.97. The molecule has 5 heteroatoms. The Morgan fingerprint density at radius 2 is 1.84 bits per heavy atom. The SMILES string of the molecule is CC(=O)Nc1ccccc1OCc1cc(=O)oc2cc(C)c(C)cc12. The van der Waals surface area contributed by atoms with Crippen LogP contribution >= 0.6 is 0 Å². The predicted octanol–water partition coefficient (Wildman–Crippen LogP) is 3.95. The third kappa shape index (κ3) is 3.71. The zero-order valence-electron chi connectivity index (χ0n) is 14.4. The van der Waals surface area contributed by atoms with Crippen LogP contribution in [0.4, 0.5) is 5.69 Å². The second-order valence-corrected chi connectivity index (χ2v) is 5.99. The van der Waals surface area contributed by atoms with Crippen LogP contribution in [0, 0.1) is 13.8 Å². The quantitative estimate of drug-likeness (QED) is 0.732. The fraction of sp³-hybridized carbons (Fsp3) is 0.200. The average molecular weight is 337 g/mol. The number of aryl methyl sites for hydroxylation is 2. The van der Waals surface area contributed by atoms with Crippen molar-refractivity contribution in [2.45, 2.75) is 27.4 Å². The third-order valence-electron chi connectivity index (χ3n) is 4.03. The lowest BCUT2D eigenvalue weighted by atomic mass is 10.0. The second-order valence-electron chi connectivity index (χ2n) is 5.99. The van der Waals surface area contributed by atoms with E-state index in [9.17, 15) is 9.59 Å². The van der Waals surface area contributed by atoms with Gasteiger partial charge in [0.25, 0.3) is 0 Å². The van der Waals surface area contributed by atoms with Crippen molar-refractivity contribution in [2.24, 2.45) is 0 Å². The number of benzene rings is 2. The second kappa shape index (κ2) is 6.81. The molecule has 3 rings (SSSR count). The van der Waals surface area contributed by atoms with Crippen molar-refractivity contribution in [3.05, 3.63) is 69.6 Å². The maximum Gasteiger partial charge on any atom is 0.336 e. The average Bonchev–Trinajstić information content (AvgIpc) is 2.55. The lowest BCUT2D eigenvalue weighted by Gasteiger charge is -2.13. The van der Waals surface area contributed by atoms with Crippen molar-refractivity contribution in [1.82, 2.24) is 0 Å². The van der Waals surface area contributed by atoms with Crippen LogP contribution in [0.15, 0.2) is 51.7 Å². The van der Waals surface area contributed by atoms with Crippen molar-refractivity contribution in [3.63, 3.8) is 0 Å². The standard InChI is InChI=1S/C20H19NO4/c1-12-8-16-15(10-20(23)25-19(16)9-13(12)2)11-24-18-7-5-4-6-17(18)21-14(3)22/h4-10H,11H2,1-3H3,(H,21,22). The van der Waals surface area contributed by atoms with Gasteiger partial charge in [-0.1, -0.05) is 12.1 Å². The number of fused-ring (bicyclic) bond motifs is 1. The Balaban J connectivity index is 1.95. The summed E-state index contributed by atoms with van der Waals surface area (Å²) in [5.74, 6) is 0.371. The van der Waals surface area contributed by atoms with Gasteiger partial charge in [0.05, 0.1) is 5.69 Å². The summed E-state index contributed by atoms with van der Waals surface area (Å²) in [4.78, 5) is 23.2. The summed E-state index contributed by atoms with van der Waals surface area (Å²) in [6.07, 6.45) is 0. The summed E-state index contributed by atoms with van der Waals surface area (Å²) in [5, 5.41) is 3.58. The number of carbonyl (C=O) groups excluding carboxylic acids is 1. The normalized spacial score (nSPS) is 10.7. The molecule has 0 unspecified atom stereocenters. The predicted molar refractivity (Wildman–Crippen MR) is 97.0 cm³/mol. The molecule has 1 N–H and O–H groups in total. The van der Waals surface area contributed by atoms with Crippen molar-refractivity contribution in [3.8, 4) is 5.75 Å². The van der Waals surface area contributed by atoms with E-state index in [1.807, 2.05) is 38.1 Å². The minimum absolute atomic E-state index is 0.173. The first-order valence-corrected chi connectivity index (χ1v) is 7.97. The van der Waals surface area contributed by atoms with Gasteiger partial charge in [-0.2, -0.15) is 0 Å². The summed E-state index contributed by atoms with van der Waals surface area (Å²) >= 11 is 0. The van der Waals surface area contributed by atoms with Gasteiger partial charge in [-0.15, -0.1) is 0 Å². The van der Waals surface area contributed by atoms with Gasteiger partial charge in [-0.25, -0.2) is 4.79 Å². The molecule has 0 saturated heterocycles. The maximum absolute atomic E-state index is 11.8. The van der Waals surface area contributed by atoms with Gasteiger partial charge in [-0.05, 0) is 49.2 Å². The highest BCUT2D eigenvalue weighted by molar-refractivity contribution is 5.90. The Hall–Kier alpha value is -3.08. The molecule has 128 valence electrons. The molecule has 0 saturated carbocycles. The number of rotatable bonds is 4. The van der Waals surface area contributed by atoms with Gasteiger partial charge in [0.2, 0.25) is 5.91 Å². The van der Waals surface area contributed by atoms with Crippen LogP contribution in [-0.4, -0.2) is 5.91 Å². The van der Waals surface area contributed by atoms with Gasteiger partial charge in [0.1, 0.15) is 17.9 Å². The molecule has 0 radical (unpaired) electrons. The summed E-state index contributed by atoms with van der Waals surface area (Å²) in [5.41, 5.74) is 3.64. The van der Waals surface area contributed by atoms with Crippen LogP contribution in [0.25, 0.3) is 11.0 Å². The summed E-state index contributed by atoms with van der Waals surface area (Å²) in [6, 6.07) is 12.5. The molecule has 25 heavy (non-hydrogen) atoms.